The fourth-order valence-electron chi connectivity index (χ4n) is 5.00. The Morgan fingerprint density at radius 2 is 1.93 bits per heavy atom. The lowest BCUT2D eigenvalue weighted by molar-refractivity contribution is -0.120. The first kappa shape index (κ1) is 19.0. The summed E-state index contributed by atoms with van der Waals surface area (Å²) in [5.74, 6) is 2.00. The third-order valence-electron chi connectivity index (χ3n) is 6.55. The Hall–Kier alpha value is -2.97. The van der Waals surface area contributed by atoms with Gasteiger partial charge in [-0.1, -0.05) is 19.8 Å². The zero-order valence-electron chi connectivity index (χ0n) is 17.5. The SMILES string of the molecule is CC[C@@H]1C(=O)N(C)c2cnc(-n3ccnc3N3CCCC3=O)nc2N1C1CCCC1. The van der Waals surface area contributed by atoms with Crippen molar-refractivity contribution >= 4 is 29.3 Å². The number of hydrogen-bond donors (Lipinski definition) is 0. The zero-order chi connectivity index (χ0) is 20.8. The number of amides is 2. The minimum Gasteiger partial charge on any atom is -0.340 e. The largest absolute Gasteiger partial charge is 0.340 e. The van der Waals surface area contributed by atoms with Crippen LogP contribution in [0.15, 0.2) is 18.6 Å². The molecule has 5 rings (SSSR count). The van der Waals surface area contributed by atoms with E-state index in [9.17, 15) is 9.59 Å². The highest BCUT2D eigenvalue weighted by atomic mass is 16.2. The molecule has 1 saturated carbocycles. The summed E-state index contributed by atoms with van der Waals surface area (Å²) in [6.07, 6.45) is 11.8. The molecule has 0 unspecified atom stereocenters. The molecule has 0 spiro atoms. The van der Waals surface area contributed by atoms with Gasteiger partial charge in [0.2, 0.25) is 23.7 Å². The Labute approximate surface area is 175 Å². The molecule has 0 bridgehead atoms. The predicted octanol–water partition coefficient (Wildman–Crippen LogP) is 2.29. The van der Waals surface area contributed by atoms with Crippen LogP contribution in [0.3, 0.4) is 0 Å². The highest BCUT2D eigenvalue weighted by molar-refractivity contribution is 6.04. The molecule has 2 aromatic heterocycles. The summed E-state index contributed by atoms with van der Waals surface area (Å²) in [5.41, 5.74) is 0.735. The maximum Gasteiger partial charge on any atom is 0.249 e. The molecule has 3 aliphatic rings. The molecule has 0 aromatic carbocycles. The molecule has 1 saturated heterocycles. The van der Waals surface area contributed by atoms with Crippen molar-refractivity contribution in [2.45, 2.75) is 64.0 Å². The lowest BCUT2D eigenvalue weighted by Gasteiger charge is -2.43. The summed E-state index contributed by atoms with van der Waals surface area (Å²) in [6, 6.07) is 0.104. The van der Waals surface area contributed by atoms with Gasteiger partial charge in [0.05, 0.1) is 6.20 Å². The fraction of sp³-hybridized carbons (Fsp3) is 0.571. The number of carbonyl (C=O) groups excluding carboxylic acids is 2. The highest BCUT2D eigenvalue weighted by Crippen LogP contribution is 2.39. The van der Waals surface area contributed by atoms with Crippen molar-refractivity contribution in [1.29, 1.82) is 0 Å². The molecule has 0 N–H and O–H groups in total. The molecule has 4 heterocycles. The first-order valence-electron chi connectivity index (χ1n) is 10.9. The number of hydrogen-bond acceptors (Lipinski definition) is 6. The van der Waals surface area contributed by atoms with Crippen LogP contribution in [0.5, 0.6) is 0 Å². The van der Waals surface area contributed by atoms with Crippen molar-refractivity contribution in [1.82, 2.24) is 19.5 Å². The van der Waals surface area contributed by atoms with Crippen molar-refractivity contribution in [3.05, 3.63) is 18.6 Å². The van der Waals surface area contributed by atoms with E-state index in [2.05, 4.69) is 21.8 Å². The summed E-state index contributed by atoms with van der Waals surface area (Å²) < 4.78 is 1.77. The molecule has 2 amide bonds. The number of aromatic nitrogens is 4. The summed E-state index contributed by atoms with van der Waals surface area (Å²) in [7, 11) is 1.80. The van der Waals surface area contributed by atoms with E-state index in [1.165, 1.54) is 12.8 Å². The third kappa shape index (κ3) is 2.86. The standard InChI is InChI=1S/C21H27N7O2/c1-3-15-19(30)25(2)16-13-23-20(24-18(16)28(15)14-7-4-5-8-14)27-12-10-22-21(27)26-11-6-9-17(26)29/h10,12-15H,3-9,11H2,1-2H3/t15-/m1/s1. The summed E-state index contributed by atoms with van der Waals surface area (Å²) in [4.78, 5) is 44.8. The van der Waals surface area contributed by atoms with Crippen molar-refractivity contribution in [3.63, 3.8) is 0 Å². The zero-order valence-corrected chi connectivity index (χ0v) is 17.5. The van der Waals surface area contributed by atoms with Crippen molar-refractivity contribution in [2.75, 3.05) is 28.3 Å². The van der Waals surface area contributed by atoms with Crippen molar-refractivity contribution < 1.29 is 9.59 Å². The van der Waals surface area contributed by atoms with Gasteiger partial charge in [-0.05, 0) is 25.7 Å². The van der Waals surface area contributed by atoms with Gasteiger partial charge in [0.1, 0.15) is 11.7 Å². The van der Waals surface area contributed by atoms with Crippen LogP contribution < -0.4 is 14.7 Å². The molecule has 158 valence electrons. The smallest absolute Gasteiger partial charge is 0.249 e. The predicted molar refractivity (Wildman–Crippen MR) is 113 cm³/mol. The van der Waals surface area contributed by atoms with E-state index in [1.807, 2.05) is 0 Å². The second-order valence-electron chi connectivity index (χ2n) is 8.29. The van der Waals surface area contributed by atoms with E-state index in [-0.39, 0.29) is 17.9 Å². The van der Waals surface area contributed by atoms with Gasteiger partial charge in [0.15, 0.2) is 5.82 Å². The van der Waals surface area contributed by atoms with Gasteiger partial charge in [-0.15, -0.1) is 0 Å². The maximum atomic E-state index is 13.0. The fourth-order valence-corrected chi connectivity index (χ4v) is 5.00. The van der Waals surface area contributed by atoms with Crippen LogP contribution in [0.1, 0.15) is 51.9 Å². The summed E-state index contributed by atoms with van der Waals surface area (Å²) in [6.45, 7) is 2.71. The Balaban J connectivity index is 1.60. The minimum absolute atomic E-state index is 0.0735. The van der Waals surface area contributed by atoms with E-state index < -0.39 is 0 Å². The number of fused-ring (bicyclic) bond motifs is 1. The second kappa shape index (κ2) is 7.37. The number of rotatable bonds is 4. The van der Waals surface area contributed by atoms with Crippen molar-refractivity contribution in [2.24, 2.45) is 0 Å². The average molecular weight is 409 g/mol. The lowest BCUT2D eigenvalue weighted by atomic mass is 10.0. The van der Waals surface area contributed by atoms with Gasteiger partial charge < -0.3 is 9.80 Å². The monoisotopic (exact) mass is 409 g/mol. The highest BCUT2D eigenvalue weighted by Gasteiger charge is 2.41. The molecule has 0 radical (unpaired) electrons. The molecular formula is C21H27N7O2. The third-order valence-corrected chi connectivity index (χ3v) is 6.55. The average Bonchev–Trinajstić information content (AvgIpc) is 3.51. The van der Waals surface area contributed by atoms with Crippen molar-refractivity contribution in [3.8, 4) is 5.95 Å². The van der Waals surface area contributed by atoms with Gasteiger partial charge in [0.25, 0.3) is 0 Å². The molecule has 9 nitrogen and oxygen atoms in total. The minimum atomic E-state index is -0.212. The van der Waals surface area contributed by atoms with E-state index in [1.54, 1.807) is 40.0 Å². The molecule has 2 fully saturated rings. The molecule has 1 atom stereocenters. The molecule has 1 aliphatic carbocycles. The van der Waals surface area contributed by atoms with Gasteiger partial charge in [-0.3, -0.25) is 19.1 Å². The van der Waals surface area contributed by atoms with Gasteiger partial charge in [0, 0.05) is 38.4 Å². The Morgan fingerprint density at radius 1 is 1.13 bits per heavy atom. The van der Waals surface area contributed by atoms with Crippen LogP contribution in [0.25, 0.3) is 5.95 Å². The molecular weight excluding hydrogens is 382 g/mol. The molecule has 9 heteroatoms. The van der Waals surface area contributed by atoms with E-state index >= 15 is 0 Å². The second-order valence-corrected chi connectivity index (χ2v) is 8.29. The quantitative estimate of drug-likeness (QED) is 0.770. The van der Waals surface area contributed by atoms with Crippen LogP contribution in [0.4, 0.5) is 17.5 Å². The van der Waals surface area contributed by atoms with E-state index in [0.29, 0.717) is 30.9 Å². The number of imidazole rings is 1. The number of carbonyl (C=O) groups is 2. The van der Waals surface area contributed by atoms with E-state index in [4.69, 9.17) is 4.98 Å². The van der Waals surface area contributed by atoms with Crippen LogP contribution in [-0.2, 0) is 9.59 Å². The van der Waals surface area contributed by atoms with Crippen LogP contribution in [0.2, 0.25) is 0 Å². The number of anilines is 3. The summed E-state index contributed by atoms with van der Waals surface area (Å²) >= 11 is 0. The lowest BCUT2D eigenvalue weighted by Crippen LogP contribution is -2.55. The van der Waals surface area contributed by atoms with Gasteiger partial charge in [-0.2, -0.15) is 4.98 Å². The normalized spacial score (nSPS) is 22.3. The number of nitrogens with zero attached hydrogens (tertiary/aromatic N) is 7. The number of likely N-dealkylation sites (N-methyl/N-ethyl adjacent to an activating group) is 1. The first-order valence-corrected chi connectivity index (χ1v) is 10.9. The molecule has 2 aromatic rings. The van der Waals surface area contributed by atoms with Gasteiger partial charge in [-0.25, -0.2) is 9.97 Å². The Morgan fingerprint density at radius 3 is 2.63 bits per heavy atom. The van der Waals surface area contributed by atoms with Crippen LogP contribution in [0, 0.1) is 0 Å². The van der Waals surface area contributed by atoms with E-state index in [0.717, 1.165) is 37.2 Å². The summed E-state index contributed by atoms with van der Waals surface area (Å²) in [5, 5.41) is 0. The topological polar surface area (TPSA) is 87.5 Å². The van der Waals surface area contributed by atoms with Crippen LogP contribution >= 0.6 is 0 Å². The maximum absolute atomic E-state index is 13.0. The first-order chi connectivity index (χ1) is 14.6. The van der Waals surface area contributed by atoms with Gasteiger partial charge >= 0.3 is 0 Å². The Kier molecular flexibility index (Phi) is 4.67. The molecule has 2 aliphatic heterocycles. The van der Waals surface area contributed by atoms with Crippen LogP contribution in [-0.4, -0.2) is 57.0 Å². The Bertz CT molecular complexity index is 981. The molecule has 30 heavy (non-hydrogen) atoms.